The summed E-state index contributed by atoms with van der Waals surface area (Å²) in [7, 11) is 0. The van der Waals surface area contributed by atoms with E-state index in [4.69, 9.17) is 0 Å². The quantitative estimate of drug-likeness (QED) is 0.866. The first-order valence-electron chi connectivity index (χ1n) is 6.68. The fraction of sp³-hybridized carbons (Fsp3) is 0.786. The minimum atomic E-state index is 0.377. The molecule has 2 fully saturated rings. The van der Waals surface area contributed by atoms with Crippen LogP contribution in [-0.4, -0.2) is 15.6 Å². The van der Waals surface area contributed by atoms with E-state index in [1.165, 1.54) is 18.5 Å². The maximum atomic E-state index is 4.34. The molecule has 0 unspecified atom stereocenters. The first-order valence-corrected chi connectivity index (χ1v) is 6.68. The third kappa shape index (κ3) is 1.63. The Morgan fingerprint density at radius 1 is 1.29 bits per heavy atom. The summed E-state index contributed by atoms with van der Waals surface area (Å²) in [6.45, 7) is 10.4. The van der Waals surface area contributed by atoms with E-state index in [0.717, 1.165) is 12.6 Å². The summed E-state index contributed by atoms with van der Waals surface area (Å²) < 4.78 is 2.38. The Balaban J connectivity index is 1.77. The van der Waals surface area contributed by atoms with E-state index in [0.29, 0.717) is 16.9 Å². The number of hydrogen-bond donors (Lipinski definition) is 1. The number of aromatic nitrogens is 2. The summed E-state index contributed by atoms with van der Waals surface area (Å²) in [5, 5.41) is 3.58. The van der Waals surface area contributed by atoms with Gasteiger partial charge in [0, 0.05) is 24.8 Å². The Labute approximate surface area is 104 Å². The van der Waals surface area contributed by atoms with Gasteiger partial charge in [0.05, 0.1) is 12.0 Å². The zero-order valence-electron chi connectivity index (χ0n) is 11.3. The molecule has 1 N–H and O–H groups in total. The normalized spacial score (nSPS) is 26.1. The van der Waals surface area contributed by atoms with E-state index in [2.05, 4.69) is 42.6 Å². The first-order chi connectivity index (χ1) is 7.94. The van der Waals surface area contributed by atoms with Gasteiger partial charge in [-0.25, -0.2) is 4.98 Å². The highest BCUT2D eigenvalue weighted by Gasteiger charge is 2.66. The standard InChI is InChI=1S/C14H23N3/c1-13(2)12(14(13,3)4)17-9-15-7-11(17)8-16-10-5-6-10/h7,9-10,12,16H,5-6,8H2,1-4H3. The lowest BCUT2D eigenvalue weighted by Gasteiger charge is -2.10. The fourth-order valence-corrected chi connectivity index (χ4v) is 3.09. The summed E-state index contributed by atoms with van der Waals surface area (Å²) in [4.78, 5) is 4.34. The highest BCUT2D eigenvalue weighted by molar-refractivity contribution is 5.19. The van der Waals surface area contributed by atoms with Crippen molar-refractivity contribution in [1.29, 1.82) is 0 Å². The predicted molar refractivity (Wildman–Crippen MR) is 68.7 cm³/mol. The average molecular weight is 233 g/mol. The molecule has 0 aliphatic heterocycles. The Kier molecular flexibility index (Phi) is 2.22. The van der Waals surface area contributed by atoms with Gasteiger partial charge in [0.2, 0.25) is 0 Å². The molecule has 0 amide bonds. The van der Waals surface area contributed by atoms with Crippen LogP contribution in [0, 0.1) is 10.8 Å². The van der Waals surface area contributed by atoms with Crippen LogP contribution in [0.25, 0.3) is 0 Å². The van der Waals surface area contributed by atoms with Crippen molar-refractivity contribution in [3.8, 4) is 0 Å². The number of hydrogen-bond acceptors (Lipinski definition) is 2. The Morgan fingerprint density at radius 2 is 1.94 bits per heavy atom. The van der Waals surface area contributed by atoms with Crippen LogP contribution in [0.4, 0.5) is 0 Å². The molecule has 0 radical (unpaired) electrons. The molecule has 3 heteroatoms. The van der Waals surface area contributed by atoms with Gasteiger partial charge < -0.3 is 9.88 Å². The largest absolute Gasteiger partial charge is 0.329 e. The summed E-state index contributed by atoms with van der Waals surface area (Å²) >= 11 is 0. The van der Waals surface area contributed by atoms with Gasteiger partial charge in [0.1, 0.15) is 0 Å². The molecular weight excluding hydrogens is 210 g/mol. The Bertz CT molecular complexity index is 412. The van der Waals surface area contributed by atoms with Crippen molar-refractivity contribution in [2.75, 3.05) is 0 Å². The molecule has 94 valence electrons. The second-order valence-corrected chi connectivity index (χ2v) is 6.79. The van der Waals surface area contributed by atoms with Gasteiger partial charge >= 0.3 is 0 Å². The van der Waals surface area contributed by atoms with E-state index >= 15 is 0 Å². The van der Waals surface area contributed by atoms with Crippen LogP contribution in [0.1, 0.15) is 52.3 Å². The molecule has 0 spiro atoms. The van der Waals surface area contributed by atoms with Crippen LogP contribution in [0.5, 0.6) is 0 Å². The predicted octanol–water partition coefficient (Wildman–Crippen LogP) is 2.74. The average Bonchev–Trinajstić information content (AvgIpc) is 3.05. The van der Waals surface area contributed by atoms with Crippen molar-refractivity contribution in [3.63, 3.8) is 0 Å². The molecule has 1 heterocycles. The molecule has 0 saturated heterocycles. The molecular formula is C14H23N3. The summed E-state index contributed by atoms with van der Waals surface area (Å²) in [6.07, 6.45) is 6.70. The Hall–Kier alpha value is -0.830. The van der Waals surface area contributed by atoms with E-state index < -0.39 is 0 Å². The van der Waals surface area contributed by atoms with Crippen LogP contribution in [0.15, 0.2) is 12.5 Å². The highest BCUT2D eigenvalue weighted by Crippen LogP contribution is 2.71. The van der Waals surface area contributed by atoms with Gasteiger partial charge in [-0.1, -0.05) is 27.7 Å². The maximum Gasteiger partial charge on any atom is 0.0951 e. The molecule has 1 aromatic heterocycles. The molecule has 0 aromatic carbocycles. The second-order valence-electron chi connectivity index (χ2n) is 6.79. The van der Waals surface area contributed by atoms with Crippen molar-refractivity contribution in [2.45, 2.75) is 59.2 Å². The molecule has 0 bridgehead atoms. The van der Waals surface area contributed by atoms with Gasteiger partial charge in [-0.15, -0.1) is 0 Å². The molecule has 2 saturated carbocycles. The van der Waals surface area contributed by atoms with Crippen LogP contribution in [0.2, 0.25) is 0 Å². The summed E-state index contributed by atoms with van der Waals surface area (Å²) in [5.74, 6) is 0. The van der Waals surface area contributed by atoms with Crippen molar-refractivity contribution < 1.29 is 0 Å². The van der Waals surface area contributed by atoms with Crippen LogP contribution >= 0.6 is 0 Å². The van der Waals surface area contributed by atoms with Gasteiger partial charge in [-0.05, 0) is 23.7 Å². The van der Waals surface area contributed by atoms with Crippen molar-refractivity contribution >= 4 is 0 Å². The number of rotatable bonds is 4. The van der Waals surface area contributed by atoms with Crippen LogP contribution in [0.3, 0.4) is 0 Å². The molecule has 2 aliphatic carbocycles. The minimum absolute atomic E-state index is 0.377. The van der Waals surface area contributed by atoms with E-state index in [1.54, 1.807) is 0 Å². The van der Waals surface area contributed by atoms with Crippen molar-refractivity contribution in [2.24, 2.45) is 10.8 Å². The molecule has 3 rings (SSSR count). The minimum Gasteiger partial charge on any atom is -0.329 e. The summed E-state index contributed by atoms with van der Waals surface area (Å²) in [5.41, 5.74) is 2.09. The van der Waals surface area contributed by atoms with Gasteiger partial charge in [-0.2, -0.15) is 0 Å². The molecule has 3 nitrogen and oxygen atoms in total. The molecule has 1 aromatic rings. The maximum absolute atomic E-state index is 4.34. The lowest BCUT2D eigenvalue weighted by molar-refractivity contribution is 0.457. The smallest absolute Gasteiger partial charge is 0.0951 e. The van der Waals surface area contributed by atoms with E-state index in [-0.39, 0.29) is 0 Å². The monoisotopic (exact) mass is 233 g/mol. The zero-order valence-corrected chi connectivity index (χ0v) is 11.3. The number of nitrogens with zero attached hydrogens (tertiary/aromatic N) is 2. The van der Waals surface area contributed by atoms with Crippen molar-refractivity contribution in [1.82, 2.24) is 14.9 Å². The van der Waals surface area contributed by atoms with Crippen molar-refractivity contribution in [3.05, 3.63) is 18.2 Å². The van der Waals surface area contributed by atoms with E-state index in [1.807, 2.05) is 12.5 Å². The fourth-order valence-electron chi connectivity index (χ4n) is 3.09. The molecule has 2 aliphatic rings. The van der Waals surface area contributed by atoms with Gasteiger partial charge in [0.15, 0.2) is 0 Å². The Morgan fingerprint density at radius 3 is 2.47 bits per heavy atom. The topological polar surface area (TPSA) is 29.9 Å². The SMILES string of the molecule is CC1(C)C(n2cncc2CNC2CC2)C1(C)C. The highest BCUT2D eigenvalue weighted by atomic mass is 15.2. The number of nitrogens with one attached hydrogen (secondary N) is 1. The zero-order chi connectivity index (χ0) is 12.3. The third-order valence-electron chi connectivity index (χ3n) is 5.12. The number of imidazole rings is 1. The second kappa shape index (κ2) is 3.35. The van der Waals surface area contributed by atoms with Crippen LogP contribution < -0.4 is 5.32 Å². The van der Waals surface area contributed by atoms with Gasteiger partial charge in [0.25, 0.3) is 0 Å². The van der Waals surface area contributed by atoms with Gasteiger partial charge in [-0.3, -0.25) is 0 Å². The molecule has 17 heavy (non-hydrogen) atoms. The summed E-state index contributed by atoms with van der Waals surface area (Å²) in [6, 6.07) is 1.35. The lowest BCUT2D eigenvalue weighted by Crippen LogP contribution is -2.18. The lowest BCUT2D eigenvalue weighted by atomic mass is 10.0. The van der Waals surface area contributed by atoms with E-state index in [9.17, 15) is 0 Å². The third-order valence-corrected chi connectivity index (χ3v) is 5.12. The first kappa shape index (κ1) is 11.3. The van der Waals surface area contributed by atoms with Crippen LogP contribution in [-0.2, 0) is 6.54 Å². The molecule has 0 atom stereocenters.